The second-order valence-corrected chi connectivity index (χ2v) is 9.37. The minimum absolute atomic E-state index is 0.0270. The fourth-order valence-electron chi connectivity index (χ4n) is 2.78. The lowest BCUT2D eigenvalue weighted by Crippen LogP contribution is -2.28. The van der Waals surface area contributed by atoms with E-state index in [1.807, 2.05) is 38.1 Å². The number of rotatable bonds is 10. The first-order chi connectivity index (χ1) is 13.7. The highest BCUT2D eigenvalue weighted by molar-refractivity contribution is 7.92. The number of anilines is 1. The number of aryl methyl sites for hydroxylation is 1. The third-order valence-corrected chi connectivity index (χ3v) is 6.27. The maximum atomic E-state index is 12.3. The van der Waals surface area contributed by atoms with Crippen LogP contribution < -0.4 is 14.4 Å². The summed E-state index contributed by atoms with van der Waals surface area (Å²) < 4.78 is 30.7. The second kappa shape index (κ2) is 10.3. The molecule has 158 valence electrons. The summed E-state index contributed by atoms with van der Waals surface area (Å²) in [4.78, 5) is 12.3. The fraction of sp³-hybridized carbons (Fsp3) is 0.409. The van der Waals surface area contributed by atoms with Crippen LogP contribution in [0.1, 0.15) is 43.1 Å². The Morgan fingerprint density at radius 1 is 1.07 bits per heavy atom. The van der Waals surface area contributed by atoms with Crippen LogP contribution in [0.2, 0.25) is 0 Å². The Morgan fingerprint density at radius 2 is 1.69 bits per heavy atom. The third-order valence-electron chi connectivity index (χ3n) is 4.50. The quantitative estimate of drug-likeness (QED) is 0.598. The number of nitrogens with zero attached hydrogens (tertiary/aromatic N) is 1. The van der Waals surface area contributed by atoms with Crippen molar-refractivity contribution in [1.82, 2.24) is 5.32 Å². The maximum absolute atomic E-state index is 12.3. The molecule has 0 aliphatic heterocycles. The first-order valence-electron chi connectivity index (χ1n) is 9.83. The van der Waals surface area contributed by atoms with E-state index in [1.54, 1.807) is 31.2 Å². The summed E-state index contributed by atoms with van der Waals surface area (Å²) in [6.45, 7) is 6.15. The van der Waals surface area contributed by atoms with Gasteiger partial charge in [0.25, 0.3) is 5.91 Å². The molecule has 0 saturated heterocycles. The van der Waals surface area contributed by atoms with Gasteiger partial charge in [-0.3, -0.25) is 9.10 Å². The topological polar surface area (TPSA) is 75.7 Å². The molecule has 2 rings (SSSR count). The largest absolute Gasteiger partial charge is 0.491 e. The standard InChI is InChI=1S/C22H30N2O4S/c1-5-29(26,27)24(4)20-12-10-19(11-13-20)22(25)23-16-6-7-18-8-14-21(15-9-18)28-17(2)3/h8-15,17H,5-7,16H2,1-4H3,(H,23,25). The first-order valence-corrected chi connectivity index (χ1v) is 11.4. The smallest absolute Gasteiger partial charge is 0.251 e. The van der Waals surface area contributed by atoms with Crippen LogP contribution in [0.3, 0.4) is 0 Å². The zero-order valence-electron chi connectivity index (χ0n) is 17.5. The van der Waals surface area contributed by atoms with Crippen molar-refractivity contribution in [3.05, 3.63) is 59.7 Å². The van der Waals surface area contributed by atoms with Gasteiger partial charge in [0.1, 0.15) is 5.75 Å². The molecular weight excluding hydrogens is 388 g/mol. The molecule has 0 bridgehead atoms. The van der Waals surface area contributed by atoms with Crippen LogP contribution in [0.25, 0.3) is 0 Å². The molecule has 0 aromatic heterocycles. The van der Waals surface area contributed by atoms with E-state index in [-0.39, 0.29) is 17.8 Å². The zero-order chi connectivity index (χ0) is 21.4. The summed E-state index contributed by atoms with van der Waals surface area (Å²) in [6.07, 6.45) is 1.84. The number of carbonyl (C=O) groups excluding carboxylic acids is 1. The molecule has 0 heterocycles. The Balaban J connectivity index is 1.80. The average molecular weight is 419 g/mol. The van der Waals surface area contributed by atoms with Gasteiger partial charge in [0.2, 0.25) is 10.0 Å². The van der Waals surface area contributed by atoms with Crippen molar-refractivity contribution in [3.63, 3.8) is 0 Å². The summed E-state index contributed by atoms with van der Waals surface area (Å²) >= 11 is 0. The molecular formula is C22H30N2O4S. The Labute approximate surface area is 173 Å². The Kier molecular flexibility index (Phi) is 8.08. The van der Waals surface area contributed by atoms with E-state index >= 15 is 0 Å². The van der Waals surface area contributed by atoms with Crippen molar-refractivity contribution in [2.24, 2.45) is 0 Å². The molecule has 0 fully saturated rings. The maximum Gasteiger partial charge on any atom is 0.251 e. The molecule has 0 spiro atoms. The highest BCUT2D eigenvalue weighted by Gasteiger charge is 2.16. The third kappa shape index (κ3) is 6.78. The van der Waals surface area contributed by atoms with E-state index in [0.717, 1.165) is 18.6 Å². The van der Waals surface area contributed by atoms with Gasteiger partial charge >= 0.3 is 0 Å². The van der Waals surface area contributed by atoms with Gasteiger partial charge in [-0.2, -0.15) is 0 Å². The number of amides is 1. The van der Waals surface area contributed by atoms with Gasteiger partial charge in [-0.05, 0) is 75.6 Å². The highest BCUT2D eigenvalue weighted by atomic mass is 32.2. The highest BCUT2D eigenvalue weighted by Crippen LogP contribution is 2.17. The lowest BCUT2D eigenvalue weighted by Gasteiger charge is -2.18. The monoisotopic (exact) mass is 418 g/mol. The molecule has 0 atom stereocenters. The first kappa shape index (κ1) is 22.7. The predicted octanol–water partition coefficient (Wildman–Crippen LogP) is 3.62. The van der Waals surface area contributed by atoms with Crippen LogP contribution in [-0.2, 0) is 16.4 Å². The molecule has 0 radical (unpaired) electrons. The number of hydrogen-bond donors (Lipinski definition) is 1. The van der Waals surface area contributed by atoms with Crippen molar-refractivity contribution in [1.29, 1.82) is 0 Å². The van der Waals surface area contributed by atoms with Crippen molar-refractivity contribution in [2.75, 3.05) is 23.7 Å². The van der Waals surface area contributed by atoms with E-state index in [9.17, 15) is 13.2 Å². The number of nitrogens with one attached hydrogen (secondary N) is 1. The molecule has 1 N–H and O–H groups in total. The Bertz CT molecular complexity index is 891. The molecule has 1 amide bonds. The van der Waals surface area contributed by atoms with Crippen LogP contribution in [0.4, 0.5) is 5.69 Å². The molecule has 0 saturated carbocycles. The molecule has 2 aromatic carbocycles. The Morgan fingerprint density at radius 3 is 2.24 bits per heavy atom. The summed E-state index contributed by atoms with van der Waals surface area (Å²) in [5.41, 5.74) is 2.24. The molecule has 6 nitrogen and oxygen atoms in total. The summed E-state index contributed by atoms with van der Waals surface area (Å²) in [5, 5.41) is 2.90. The SMILES string of the molecule is CCS(=O)(=O)N(C)c1ccc(C(=O)NCCCc2ccc(OC(C)C)cc2)cc1. The number of hydrogen-bond acceptors (Lipinski definition) is 4. The van der Waals surface area contributed by atoms with E-state index in [4.69, 9.17) is 4.74 Å². The molecule has 0 aliphatic carbocycles. The summed E-state index contributed by atoms with van der Waals surface area (Å²) in [5.74, 6) is 0.718. The number of carbonyl (C=O) groups is 1. The number of ether oxygens (including phenoxy) is 1. The van der Waals surface area contributed by atoms with Crippen LogP contribution in [0.5, 0.6) is 5.75 Å². The van der Waals surface area contributed by atoms with Crippen LogP contribution in [0, 0.1) is 0 Å². The van der Waals surface area contributed by atoms with E-state index in [1.165, 1.54) is 16.9 Å². The Hall–Kier alpha value is -2.54. The molecule has 29 heavy (non-hydrogen) atoms. The van der Waals surface area contributed by atoms with Crippen LogP contribution in [-0.4, -0.2) is 39.8 Å². The van der Waals surface area contributed by atoms with Gasteiger partial charge in [0, 0.05) is 19.2 Å². The van der Waals surface area contributed by atoms with Crippen LogP contribution >= 0.6 is 0 Å². The summed E-state index contributed by atoms with van der Waals surface area (Å²) in [6, 6.07) is 14.6. The predicted molar refractivity (Wildman–Crippen MR) is 117 cm³/mol. The van der Waals surface area contributed by atoms with Crippen molar-refractivity contribution in [3.8, 4) is 5.75 Å². The van der Waals surface area contributed by atoms with Gasteiger partial charge < -0.3 is 10.1 Å². The van der Waals surface area contributed by atoms with Gasteiger partial charge in [-0.25, -0.2) is 8.42 Å². The lowest BCUT2D eigenvalue weighted by atomic mass is 10.1. The molecule has 0 unspecified atom stereocenters. The summed E-state index contributed by atoms with van der Waals surface area (Å²) in [7, 11) is -1.80. The number of sulfonamides is 1. The minimum atomic E-state index is -3.31. The fourth-order valence-corrected chi connectivity index (χ4v) is 3.61. The minimum Gasteiger partial charge on any atom is -0.491 e. The van der Waals surface area contributed by atoms with E-state index < -0.39 is 10.0 Å². The van der Waals surface area contributed by atoms with Gasteiger partial charge in [0.15, 0.2) is 0 Å². The average Bonchev–Trinajstić information content (AvgIpc) is 2.71. The van der Waals surface area contributed by atoms with E-state index in [0.29, 0.717) is 17.8 Å². The van der Waals surface area contributed by atoms with Crippen molar-refractivity contribution < 1.29 is 17.9 Å². The van der Waals surface area contributed by atoms with Crippen molar-refractivity contribution >= 4 is 21.6 Å². The lowest BCUT2D eigenvalue weighted by molar-refractivity contribution is 0.0953. The number of benzene rings is 2. The second-order valence-electron chi connectivity index (χ2n) is 7.08. The van der Waals surface area contributed by atoms with Crippen LogP contribution in [0.15, 0.2) is 48.5 Å². The molecule has 0 aliphatic rings. The normalized spacial score (nSPS) is 11.3. The molecule has 7 heteroatoms. The van der Waals surface area contributed by atoms with Crippen molar-refractivity contribution in [2.45, 2.75) is 39.7 Å². The van der Waals surface area contributed by atoms with Gasteiger partial charge in [0.05, 0.1) is 17.5 Å². The van der Waals surface area contributed by atoms with Gasteiger partial charge in [-0.15, -0.1) is 0 Å². The van der Waals surface area contributed by atoms with Gasteiger partial charge in [-0.1, -0.05) is 12.1 Å². The molecule has 2 aromatic rings. The van der Waals surface area contributed by atoms with E-state index in [2.05, 4.69) is 5.32 Å². The zero-order valence-corrected chi connectivity index (χ0v) is 18.3.